The van der Waals surface area contributed by atoms with Crippen molar-refractivity contribution in [2.24, 2.45) is 0 Å². The first kappa shape index (κ1) is 18.9. The third-order valence-corrected chi connectivity index (χ3v) is 1.58. The SMILES string of the molecule is C=C(CO/C=C(\C=C/C=[NH2+])C(=O)O)C(=O)OC.CO. The van der Waals surface area contributed by atoms with Crippen molar-refractivity contribution in [1.82, 2.24) is 0 Å². The van der Waals surface area contributed by atoms with Crippen LogP contribution in [0.5, 0.6) is 0 Å². The number of carboxylic acids is 1. The molecule has 0 aromatic heterocycles. The molecule has 0 unspecified atom stereocenters. The minimum atomic E-state index is -1.17. The molecule has 0 aromatic carbocycles. The minimum Gasteiger partial charge on any atom is -0.495 e. The third-order valence-electron chi connectivity index (χ3n) is 1.58. The van der Waals surface area contributed by atoms with Crippen molar-refractivity contribution in [3.8, 4) is 0 Å². The Kier molecular flexibility index (Phi) is 12.0. The first-order chi connectivity index (χ1) is 9.02. The van der Waals surface area contributed by atoms with Crippen LogP contribution in [0.25, 0.3) is 0 Å². The van der Waals surface area contributed by atoms with E-state index in [1.54, 1.807) is 0 Å². The van der Waals surface area contributed by atoms with E-state index in [4.69, 9.17) is 20.4 Å². The maximum Gasteiger partial charge on any atom is 0.338 e. The van der Waals surface area contributed by atoms with Crippen LogP contribution in [0, 0.1) is 0 Å². The lowest BCUT2D eigenvalue weighted by molar-refractivity contribution is -0.136. The molecule has 0 atom stereocenters. The molecule has 0 fully saturated rings. The summed E-state index contributed by atoms with van der Waals surface area (Å²) in [6.07, 6.45) is 4.78. The number of hydrogen-bond donors (Lipinski definition) is 3. The molecule has 0 amide bonds. The Labute approximate surface area is 111 Å². The zero-order valence-electron chi connectivity index (χ0n) is 10.8. The number of aliphatic hydroxyl groups excluding tert-OH is 1. The van der Waals surface area contributed by atoms with Gasteiger partial charge in [-0.25, -0.2) is 9.59 Å². The maximum absolute atomic E-state index is 10.9. The van der Waals surface area contributed by atoms with Crippen LogP contribution < -0.4 is 5.41 Å². The fourth-order valence-corrected chi connectivity index (χ4v) is 0.756. The van der Waals surface area contributed by atoms with Gasteiger partial charge in [-0.2, -0.15) is 0 Å². The molecule has 4 N–H and O–H groups in total. The Morgan fingerprint density at radius 1 is 1.37 bits per heavy atom. The number of rotatable bonds is 7. The van der Waals surface area contributed by atoms with Crippen LogP contribution in [0.2, 0.25) is 0 Å². The Balaban J connectivity index is 0. The minimum absolute atomic E-state index is 0.0860. The van der Waals surface area contributed by atoms with Gasteiger partial charge >= 0.3 is 11.9 Å². The van der Waals surface area contributed by atoms with E-state index in [-0.39, 0.29) is 17.8 Å². The number of carboxylic acid groups (broad SMARTS) is 1. The average Bonchev–Trinajstić information content (AvgIpc) is 2.43. The second-order valence-electron chi connectivity index (χ2n) is 2.84. The summed E-state index contributed by atoms with van der Waals surface area (Å²) in [5.74, 6) is -1.78. The van der Waals surface area contributed by atoms with Crippen molar-refractivity contribution in [2.45, 2.75) is 0 Å². The highest BCUT2D eigenvalue weighted by molar-refractivity contribution is 5.90. The number of ether oxygens (including phenoxy) is 2. The summed E-state index contributed by atoms with van der Waals surface area (Å²) < 4.78 is 9.28. The van der Waals surface area contributed by atoms with Gasteiger partial charge in [0.1, 0.15) is 6.61 Å². The Morgan fingerprint density at radius 2 is 1.95 bits per heavy atom. The zero-order chi connectivity index (χ0) is 15.3. The van der Waals surface area contributed by atoms with E-state index in [0.29, 0.717) is 0 Å². The molecule has 0 radical (unpaired) electrons. The van der Waals surface area contributed by atoms with Crippen molar-refractivity contribution >= 4 is 18.2 Å². The van der Waals surface area contributed by atoms with Crippen molar-refractivity contribution < 1.29 is 34.7 Å². The van der Waals surface area contributed by atoms with Crippen LogP contribution in [0.1, 0.15) is 0 Å². The topological polar surface area (TPSA) is 119 Å². The molecule has 7 heteroatoms. The molecule has 0 bridgehead atoms. The van der Waals surface area contributed by atoms with Crippen molar-refractivity contribution in [2.75, 3.05) is 20.8 Å². The quantitative estimate of drug-likeness (QED) is 0.174. The van der Waals surface area contributed by atoms with Crippen LogP contribution in [-0.4, -0.2) is 49.2 Å². The van der Waals surface area contributed by atoms with Crippen molar-refractivity contribution in [3.05, 3.63) is 36.1 Å². The standard InChI is InChI=1S/C11H13NO5.CH4O/c1-8(11(15)16-2)6-17-7-9(10(13)14)4-3-5-12;1-2/h3-5,7,12H,1,6H2,2H3,(H,13,14);2H,1H3/p+1/b4-3-,9-7+,12-5?;. The van der Waals surface area contributed by atoms with E-state index in [0.717, 1.165) is 13.4 Å². The maximum atomic E-state index is 10.9. The van der Waals surface area contributed by atoms with E-state index in [1.807, 2.05) is 0 Å². The molecule has 0 aliphatic heterocycles. The largest absolute Gasteiger partial charge is 0.495 e. The number of carbonyl (C=O) groups excluding carboxylic acids is 1. The van der Waals surface area contributed by atoms with Gasteiger partial charge in [-0.15, -0.1) is 0 Å². The van der Waals surface area contributed by atoms with Crippen LogP contribution >= 0.6 is 0 Å². The summed E-state index contributed by atoms with van der Waals surface area (Å²) >= 11 is 0. The first-order valence-corrected chi connectivity index (χ1v) is 5.00. The number of esters is 1. The molecule has 0 heterocycles. The lowest BCUT2D eigenvalue weighted by Crippen LogP contribution is -2.28. The lowest BCUT2D eigenvalue weighted by atomic mass is 10.3. The molecule has 0 aliphatic carbocycles. The summed E-state index contributed by atoms with van der Waals surface area (Å²) in [5, 5.41) is 20.8. The highest BCUT2D eigenvalue weighted by Gasteiger charge is 2.07. The molecule has 106 valence electrons. The molecule has 7 nitrogen and oxygen atoms in total. The van der Waals surface area contributed by atoms with E-state index in [9.17, 15) is 9.59 Å². The highest BCUT2D eigenvalue weighted by Crippen LogP contribution is 2.00. The number of nitrogens with two attached hydrogens (primary N) is 1. The Bertz CT molecular complexity index is 384. The fraction of sp³-hybridized carbons (Fsp3) is 0.250. The predicted octanol–water partition coefficient (Wildman–Crippen LogP) is -1.30. The molecule has 0 aromatic rings. The number of aliphatic hydroxyl groups is 1. The van der Waals surface area contributed by atoms with Crippen molar-refractivity contribution in [3.63, 3.8) is 0 Å². The van der Waals surface area contributed by atoms with Gasteiger partial charge in [0.05, 0.1) is 24.5 Å². The summed E-state index contributed by atoms with van der Waals surface area (Å²) in [4.78, 5) is 21.6. The smallest absolute Gasteiger partial charge is 0.338 e. The van der Waals surface area contributed by atoms with Crippen LogP contribution in [-0.2, 0) is 19.1 Å². The van der Waals surface area contributed by atoms with Crippen molar-refractivity contribution in [1.29, 1.82) is 0 Å². The number of carbonyl (C=O) groups is 2. The third kappa shape index (κ3) is 9.31. The van der Waals surface area contributed by atoms with E-state index >= 15 is 0 Å². The van der Waals surface area contributed by atoms with Crippen LogP contribution in [0.15, 0.2) is 36.1 Å². The van der Waals surface area contributed by atoms with Gasteiger partial charge in [-0.3, -0.25) is 5.41 Å². The summed E-state index contributed by atoms with van der Waals surface area (Å²) in [6.45, 7) is 3.26. The zero-order valence-corrected chi connectivity index (χ0v) is 10.8. The van der Waals surface area contributed by atoms with Crippen LogP contribution in [0.3, 0.4) is 0 Å². The van der Waals surface area contributed by atoms with E-state index < -0.39 is 11.9 Å². The van der Waals surface area contributed by atoms with Gasteiger partial charge in [0.25, 0.3) is 0 Å². The normalized spacial score (nSPS) is 10.2. The molecule has 0 saturated carbocycles. The molecule has 0 spiro atoms. The second-order valence-corrected chi connectivity index (χ2v) is 2.84. The van der Waals surface area contributed by atoms with Gasteiger partial charge in [-0.05, 0) is 6.08 Å². The monoisotopic (exact) mass is 272 g/mol. The van der Waals surface area contributed by atoms with Gasteiger partial charge in [0, 0.05) is 13.2 Å². The molecule has 19 heavy (non-hydrogen) atoms. The molecular weight excluding hydrogens is 254 g/mol. The predicted molar refractivity (Wildman–Crippen MR) is 68.1 cm³/mol. The fourth-order valence-electron chi connectivity index (χ4n) is 0.756. The average molecular weight is 272 g/mol. The number of aliphatic carboxylic acids is 1. The highest BCUT2D eigenvalue weighted by atomic mass is 16.5. The molecule has 0 rings (SSSR count). The van der Waals surface area contributed by atoms with Crippen LogP contribution in [0.4, 0.5) is 0 Å². The van der Waals surface area contributed by atoms with E-state index in [1.165, 1.54) is 25.5 Å². The lowest BCUT2D eigenvalue weighted by Gasteiger charge is -2.03. The second kappa shape index (κ2) is 12.1. The Morgan fingerprint density at radius 3 is 2.37 bits per heavy atom. The number of allylic oxidation sites excluding steroid dienone is 1. The summed E-state index contributed by atoms with van der Waals surface area (Å²) in [6, 6.07) is 0. The summed E-state index contributed by atoms with van der Waals surface area (Å²) in [7, 11) is 2.21. The number of hydrogen-bond acceptors (Lipinski definition) is 5. The van der Waals surface area contributed by atoms with Gasteiger partial charge in [-0.1, -0.05) is 6.58 Å². The van der Waals surface area contributed by atoms with Gasteiger partial charge in [0.15, 0.2) is 6.21 Å². The van der Waals surface area contributed by atoms with E-state index in [2.05, 4.69) is 11.3 Å². The molecular formula is C12H18NO6+. The first-order valence-electron chi connectivity index (χ1n) is 5.00. The summed E-state index contributed by atoms with van der Waals surface area (Å²) in [5.41, 5.74) is -0.0211. The molecule has 0 saturated heterocycles. The van der Waals surface area contributed by atoms with Gasteiger partial charge < -0.3 is 19.7 Å². The number of methoxy groups -OCH3 is 1. The Hall–Kier alpha value is -2.41. The van der Waals surface area contributed by atoms with Gasteiger partial charge in [0.2, 0.25) is 0 Å². The molecule has 0 aliphatic rings.